The van der Waals surface area contributed by atoms with Crippen molar-refractivity contribution < 1.29 is 4.42 Å². The van der Waals surface area contributed by atoms with Crippen LogP contribution in [0.2, 0.25) is 0 Å². The Morgan fingerprint density at radius 2 is 1.01 bits per heavy atom. The van der Waals surface area contributed by atoms with E-state index in [-0.39, 0.29) is 5.41 Å². The lowest BCUT2D eigenvalue weighted by molar-refractivity contribution is 0.660. The van der Waals surface area contributed by atoms with Crippen molar-refractivity contribution in [2.24, 2.45) is 0 Å². The first-order valence-electron chi connectivity index (χ1n) is 25.7. The molecule has 73 heavy (non-hydrogen) atoms. The predicted octanol–water partition coefficient (Wildman–Crippen LogP) is 18.7. The summed E-state index contributed by atoms with van der Waals surface area (Å²) in [5.74, 6) is 0. The van der Waals surface area contributed by atoms with Crippen molar-refractivity contribution in [1.82, 2.24) is 4.57 Å². The van der Waals surface area contributed by atoms with Gasteiger partial charge in [0.2, 0.25) is 0 Å². The molecule has 0 amide bonds. The van der Waals surface area contributed by atoms with Gasteiger partial charge in [-0.1, -0.05) is 172 Å². The molecule has 15 rings (SSSR count). The Morgan fingerprint density at radius 3 is 1.77 bits per heavy atom. The SMILES string of the molecule is CC1(C)c2ccccc2-c2cc(N(c3ccc(-c4ccc5c(c4)c4cc(C6(C7=CCCC=C7)c7ccccc7-c7ccccc76)ccc4n5-c4ccccc4)cc3)c3ccc4c(c3)oc3ccccc34)ccc21. The van der Waals surface area contributed by atoms with E-state index in [1.54, 1.807) is 0 Å². The first kappa shape index (κ1) is 41.8. The van der Waals surface area contributed by atoms with Gasteiger partial charge in [-0.05, 0) is 158 Å². The van der Waals surface area contributed by atoms with Gasteiger partial charge in [0.15, 0.2) is 0 Å². The van der Waals surface area contributed by atoms with Crippen LogP contribution in [0, 0.1) is 0 Å². The molecule has 0 atom stereocenters. The molecule has 0 bridgehead atoms. The summed E-state index contributed by atoms with van der Waals surface area (Å²) in [5, 5.41) is 4.72. The molecule has 0 unspecified atom stereocenters. The van der Waals surface area contributed by atoms with Crippen LogP contribution in [0.4, 0.5) is 17.1 Å². The number of furan rings is 1. The molecule has 0 saturated carbocycles. The van der Waals surface area contributed by atoms with Crippen LogP contribution in [0.15, 0.2) is 253 Å². The van der Waals surface area contributed by atoms with Crippen LogP contribution >= 0.6 is 0 Å². The minimum Gasteiger partial charge on any atom is -0.456 e. The van der Waals surface area contributed by atoms with Crippen molar-refractivity contribution in [3.63, 3.8) is 0 Å². The van der Waals surface area contributed by atoms with Gasteiger partial charge in [-0.15, -0.1) is 0 Å². The van der Waals surface area contributed by atoms with Gasteiger partial charge >= 0.3 is 0 Å². The molecule has 3 aliphatic rings. The second-order valence-electron chi connectivity index (χ2n) is 20.7. The van der Waals surface area contributed by atoms with Gasteiger partial charge in [0.1, 0.15) is 11.2 Å². The maximum Gasteiger partial charge on any atom is 0.137 e. The molecule has 0 radical (unpaired) electrons. The van der Waals surface area contributed by atoms with E-state index in [0.29, 0.717) is 0 Å². The first-order chi connectivity index (χ1) is 35.9. The van der Waals surface area contributed by atoms with Crippen molar-refractivity contribution in [1.29, 1.82) is 0 Å². The fraction of sp³-hybridized carbons (Fsp3) is 0.0857. The quantitative estimate of drug-likeness (QED) is 0.159. The van der Waals surface area contributed by atoms with Crippen LogP contribution in [0.3, 0.4) is 0 Å². The second-order valence-corrected chi connectivity index (χ2v) is 20.7. The molecule has 0 fully saturated rings. The van der Waals surface area contributed by atoms with E-state index in [1.807, 2.05) is 6.07 Å². The summed E-state index contributed by atoms with van der Waals surface area (Å²) in [6, 6.07) is 83.3. The zero-order chi connectivity index (χ0) is 48.4. The van der Waals surface area contributed by atoms with Gasteiger partial charge in [-0.25, -0.2) is 0 Å². The van der Waals surface area contributed by atoms with Gasteiger partial charge < -0.3 is 13.9 Å². The van der Waals surface area contributed by atoms with Crippen LogP contribution in [0.1, 0.15) is 54.5 Å². The third-order valence-corrected chi connectivity index (χ3v) is 16.5. The van der Waals surface area contributed by atoms with E-state index in [2.05, 4.69) is 260 Å². The van der Waals surface area contributed by atoms with E-state index in [0.717, 1.165) is 63.1 Å². The number of benzene rings is 10. The minimum absolute atomic E-state index is 0.0841. The Balaban J connectivity index is 0.895. The number of fused-ring (bicyclic) bond motifs is 12. The van der Waals surface area contributed by atoms with Crippen LogP contribution < -0.4 is 4.90 Å². The second kappa shape index (κ2) is 15.8. The Labute approximate surface area is 425 Å². The summed E-state index contributed by atoms with van der Waals surface area (Å²) in [6.07, 6.45) is 9.34. The zero-order valence-electron chi connectivity index (χ0n) is 40.8. The summed E-state index contributed by atoms with van der Waals surface area (Å²) < 4.78 is 8.95. The number of rotatable bonds is 7. The molecule has 12 aromatic rings. The van der Waals surface area contributed by atoms with E-state index in [1.165, 1.54) is 83.0 Å². The fourth-order valence-corrected chi connectivity index (χ4v) is 13.2. The van der Waals surface area contributed by atoms with Gasteiger partial charge in [-0.3, -0.25) is 0 Å². The minimum atomic E-state index is -0.452. The van der Waals surface area contributed by atoms with E-state index < -0.39 is 5.41 Å². The highest BCUT2D eigenvalue weighted by Gasteiger charge is 2.47. The lowest BCUT2D eigenvalue weighted by Gasteiger charge is -2.35. The average Bonchev–Trinajstić information content (AvgIpc) is 4.15. The lowest BCUT2D eigenvalue weighted by Crippen LogP contribution is -2.29. The third kappa shape index (κ3) is 6.06. The molecule has 10 aromatic carbocycles. The van der Waals surface area contributed by atoms with E-state index in [9.17, 15) is 0 Å². The lowest BCUT2D eigenvalue weighted by atomic mass is 9.66. The predicted molar refractivity (Wildman–Crippen MR) is 304 cm³/mol. The summed E-state index contributed by atoms with van der Waals surface area (Å²) in [4.78, 5) is 2.38. The number of para-hydroxylation sites is 2. The number of hydrogen-bond acceptors (Lipinski definition) is 2. The molecule has 2 aromatic heterocycles. The highest BCUT2D eigenvalue weighted by molar-refractivity contribution is 6.11. The molecular formula is C70H50N2O. The van der Waals surface area contributed by atoms with Crippen molar-refractivity contribution in [2.75, 3.05) is 4.90 Å². The first-order valence-corrected chi connectivity index (χ1v) is 25.7. The molecule has 0 saturated heterocycles. The molecule has 3 nitrogen and oxygen atoms in total. The standard InChI is InChI=1S/C70H50N2O/c1-69(2)61-25-13-9-23-55(61)58-43-51(36-38-62(58)69)71(52-35-37-57-56-24-12-16-28-67(56)73-68(57)44-52)50-33-29-45(30-34-50)46-31-39-65-59(41-46)60-42-48(32-40-66(60)72(65)49-19-7-4-8-20-49)70(47-17-5-3-6-18-47)63-26-14-10-21-53(63)54-22-11-15-27-64(54)70/h4-5,7-44H,3,6H2,1-2H3. The maximum absolute atomic E-state index is 6.50. The number of nitrogens with zero attached hydrogens (tertiary/aromatic N) is 2. The van der Waals surface area contributed by atoms with Crippen LogP contribution in [0.25, 0.3) is 82.8 Å². The summed E-state index contributed by atoms with van der Waals surface area (Å²) in [5.41, 5.74) is 23.6. The smallest absolute Gasteiger partial charge is 0.137 e. The highest BCUT2D eigenvalue weighted by Crippen LogP contribution is 2.58. The Hall–Kier alpha value is -8.92. The monoisotopic (exact) mass is 934 g/mol. The summed E-state index contributed by atoms with van der Waals surface area (Å²) in [6.45, 7) is 4.69. The van der Waals surface area contributed by atoms with Crippen LogP contribution in [-0.4, -0.2) is 4.57 Å². The molecule has 346 valence electrons. The summed E-state index contributed by atoms with van der Waals surface area (Å²) >= 11 is 0. The number of allylic oxidation sites excluding steroid dienone is 4. The normalized spacial score (nSPS) is 14.8. The molecular weight excluding hydrogens is 885 g/mol. The van der Waals surface area contributed by atoms with Gasteiger partial charge in [0.25, 0.3) is 0 Å². The topological polar surface area (TPSA) is 21.3 Å². The van der Waals surface area contributed by atoms with E-state index >= 15 is 0 Å². The van der Waals surface area contributed by atoms with Crippen LogP contribution in [-0.2, 0) is 10.8 Å². The van der Waals surface area contributed by atoms with Gasteiger partial charge in [-0.2, -0.15) is 0 Å². The molecule has 0 N–H and O–H groups in total. The summed E-state index contributed by atoms with van der Waals surface area (Å²) in [7, 11) is 0. The highest BCUT2D eigenvalue weighted by atomic mass is 16.3. The van der Waals surface area contributed by atoms with Crippen molar-refractivity contribution in [2.45, 2.75) is 37.5 Å². The molecule has 0 aliphatic heterocycles. The van der Waals surface area contributed by atoms with Crippen molar-refractivity contribution in [3.05, 3.63) is 276 Å². The van der Waals surface area contributed by atoms with Crippen molar-refractivity contribution >= 4 is 60.8 Å². The maximum atomic E-state index is 6.50. The molecule has 2 heterocycles. The van der Waals surface area contributed by atoms with E-state index in [4.69, 9.17) is 4.42 Å². The number of aromatic nitrogens is 1. The number of hydrogen-bond donors (Lipinski definition) is 0. The molecule has 3 heteroatoms. The van der Waals surface area contributed by atoms with Crippen LogP contribution in [0.5, 0.6) is 0 Å². The number of anilines is 3. The van der Waals surface area contributed by atoms with Crippen molar-refractivity contribution in [3.8, 4) is 39.1 Å². The fourth-order valence-electron chi connectivity index (χ4n) is 13.2. The largest absolute Gasteiger partial charge is 0.456 e. The van der Waals surface area contributed by atoms with Gasteiger partial charge in [0.05, 0.1) is 16.4 Å². The Morgan fingerprint density at radius 1 is 0.425 bits per heavy atom. The third-order valence-electron chi connectivity index (χ3n) is 16.5. The Kier molecular flexibility index (Phi) is 9.05. The van der Waals surface area contributed by atoms with Gasteiger partial charge in [0, 0.05) is 55.8 Å². The average molecular weight is 935 g/mol. The molecule has 0 spiro atoms. The zero-order valence-corrected chi connectivity index (χ0v) is 40.8. The Bertz CT molecular complexity index is 4250. The molecule has 3 aliphatic carbocycles.